The molecule has 22 heavy (non-hydrogen) atoms. The van der Waals surface area contributed by atoms with Gasteiger partial charge in [-0.05, 0) is 43.4 Å². The number of methoxy groups -OCH3 is 1. The van der Waals surface area contributed by atoms with Gasteiger partial charge in [0.2, 0.25) is 0 Å². The second kappa shape index (κ2) is 8.23. The lowest BCUT2D eigenvalue weighted by molar-refractivity contribution is 0.0584. The first kappa shape index (κ1) is 16.9. The van der Waals surface area contributed by atoms with Crippen molar-refractivity contribution in [2.75, 3.05) is 20.3 Å². The van der Waals surface area contributed by atoms with Crippen LogP contribution in [0.25, 0.3) is 0 Å². The number of hydrogen-bond acceptors (Lipinski definition) is 3. The van der Waals surface area contributed by atoms with Gasteiger partial charge in [0.1, 0.15) is 18.1 Å². The Bertz CT molecular complexity index is 505. The minimum atomic E-state index is 0.332. The molecule has 1 aliphatic heterocycles. The highest BCUT2D eigenvalue weighted by atomic mass is 16.5. The Kier molecular flexibility index (Phi) is 6.32. The summed E-state index contributed by atoms with van der Waals surface area (Å²) in [7, 11) is 1.79. The summed E-state index contributed by atoms with van der Waals surface area (Å²) < 4.78 is 16.9. The zero-order chi connectivity index (χ0) is 15.9. The Labute approximate surface area is 134 Å². The van der Waals surface area contributed by atoms with E-state index >= 15 is 0 Å². The van der Waals surface area contributed by atoms with Crippen molar-refractivity contribution in [3.63, 3.8) is 0 Å². The molecule has 0 fully saturated rings. The van der Waals surface area contributed by atoms with Crippen molar-refractivity contribution in [1.29, 1.82) is 0 Å². The molecule has 0 bridgehead atoms. The van der Waals surface area contributed by atoms with Crippen LogP contribution in [-0.2, 0) is 11.2 Å². The van der Waals surface area contributed by atoms with Crippen LogP contribution in [0.4, 0.5) is 0 Å². The molecule has 0 aliphatic carbocycles. The van der Waals surface area contributed by atoms with Gasteiger partial charge in [0.05, 0.1) is 12.7 Å². The van der Waals surface area contributed by atoms with Crippen LogP contribution in [0.2, 0.25) is 0 Å². The van der Waals surface area contributed by atoms with Crippen LogP contribution in [0, 0.1) is 5.92 Å². The number of hydrogen-bond donors (Lipinski definition) is 0. The third kappa shape index (κ3) is 4.77. The van der Waals surface area contributed by atoms with Crippen molar-refractivity contribution in [2.24, 2.45) is 5.92 Å². The first-order valence-electron chi connectivity index (χ1n) is 8.17. The summed E-state index contributed by atoms with van der Waals surface area (Å²) in [4.78, 5) is 0. The lowest BCUT2D eigenvalue weighted by Crippen LogP contribution is -2.17. The Hall–Kier alpha value is -1.48. The monoisotopic (exact) mass is 304 g/mol. The Morgan fingerprint density at radius 3 is 2.91 bits per heavy atom. The largest absolute Gasteiger partial charge is 0.493 e. The van der Waals surface area contributed by atoms with Crippen molar-refractivity contribution in [1.82, 2.24) is 0 Å². The van der Waals surface area contributed by atoms with E-state index < -0.39 is 0 Å². The predicted octanol–water partition coefficient (Wildman–Crippen LogP) is 4.40. The maximum Gasteiger partial charge on any atom is 0.126 e. The molecule has 1 aromatic rings. The highest BCUT2D eigenvalue weighted by Gasteiger charge is 2.13. The molecule has 122 valence electrons. The fraction of sp³-hybridized carbons (Fsp3) is 0.579. The molecule has 0 amide bonds. The van der Waals surface area contributed by atoms with Gasteiger partial charge in [0, 0.05) is 19.6 Å². The number of fused-ring (bicyclic) bond motifs is 1. The van der Waals surface area contributed by atoms with Gasteiger partial charge in [0.15, 0.2) is 0 Å². The van der Waals surface area contributed by atoms with Crippen molar-refractivity contribution < 1.29 is 14.2 Å². The molecule has 3 heteroatoms. The van der Waals surface area contributed by atoms with E-state index in [0.717, 1.165) is 37.4 Å². The van der Waals surface area contributed by atoms with E-state index in [1.807, 2.05) is 12.1 Å². The first-order chi connectivity index (χ1) is 10.6. The zero-order valence-electron chi connectivity index (χ0n) is 14.2. The Morgan fingerprint density at radius 1 is 1.36 bits per heavy atom. The molecule has 3 nitrogen and oxygen atoms in total. The van der Waals surface area contributed by atoms with E-state index in [9.17, 15) is 0 Å². The zero-order valence-corrected chi connectivity index (χ0v) is 14.2. The third-order valence-corrected chi connectivity index (χ3v) is 4.22. The van der Waals surface area contributed by atoms with Crippen molar-refractivity contribution >= 4 is 0 Å². The number of allylic oxidation sites excluding steroid dienone is 1. The van der Waals surface area contributed by atoms with Crippen LogP contribution >= 0.6 is 0 Å². The Morgan fingerprint density at radius 2 is 2.18 bits per heavy atom. The van der Waals surface area contributed by atoms with E-state index in [1.165, 1.54) is 11.1 Å². The molecule has 2 rings (SSSR count). The SMILES string of the molecule is COC(CCC(C)=CCOc1ccc2c(c1)OCC2)C(C)C. The van der Waals surface area contributed by atoms with Gasteiger partial charge in [-0.15, -0.1) is 0 Å². The topological polar surface area (TPSA) is 27.7 Å². The maximum atomic E-state index is 5.79. The Balaban J connectivity index is 1.77. The predicted molar refractivity (Wildman–Crippen MR) is 89.8 cm³/mol. The van der Waals surface area contributed by atoms with Crippen LogP contribution < -0.4 is 9.47 Å². The molecule has 1 aliphatic rings. The molecule has 1 unspecified atom stereocenters. The molecule has 0 saturated heterocycles. The highest BCUT2D eigenvalue weighted by Crippen LogP contribution is 2.29. The number of ether oxygens (including phenoxy) is 3. The van der Waals surface area contributed by atoms with E-state index in [4.69, 9.17) is 14.2 Å². The van der Waals surface area contributed by atoms with E-state index in [-0.39, 0.29) is 0 Å². The van der Waals surface area contributed by atoms with E-state index in [0.29, 0.717) is 18.6 Å². The molecule has 1 heterocycles. The highest BCUT2D eigenvalue weighted by molar-refractivity contribution is 5.42. The van der Waals surface area contributed by atoms with Gasteiger partial charge in [-0.1, -0.05) is 25.5 Å². The van der Waals surface area contributed by atoms with E-state index in [2.05, 4.69) is 32.9 Å². The molecular formula is C19H28O3. The summed E-state index contributed by atoms with van der Waals surface area (Å²) in [6.07, 6.45) is 5.60. The molecule has 0 aromatic heterocycles. The summed E-state index contributed by atoms with van der Waals surface area (Å²) >= 11 is 0. The standard InChI is InChI=1S/C19H28O3/c1-14(2)18(20-4)8-5-15(3)9-11-21-17-7-6-16-10-12-22-19(16)13-17/h6-7,9,13-14,18H,5,8,10-12H2,1-4H3. The summed E-state index contributed by atoms with van der Waals surface area (Å²) in [6, 6.07) is 6.11. The van der Waals surface area contributed by atoms with Crippen LogP contribution in [0.15, 0.2) is 29.8 Å². The molecular weight excluding hydrogens is 276 g/mol. The molecule has 0 radical (unpaired) electrons. The van der Waals surface area contributed by atoms with Crippen LogP contribution in [0.1, 0.15) is 39.2 Å². The van der Waals surface area contributed by atoms with Crippen LogP contribution in [0.5, 0.6) is 11.5 Å². The minimum Gasteiger partial charge on any atom is -0.493 e. The van der Waals surface area contributed by atoms with Gasteiger partial charge in [0.25, 0.3) is 0 Å². The lowest BCUT2D eigenvalue weighted by Gasteiger charge is -2.19. The van der Waals surface area contributed by atoms with Crippen molar-refractivity contribution in [3.8, 4) is 11.5 Å². The second-order valence-electron chi connectivity index (χ2n) is 6.29. The van der Waals surface area contributed by atoms with Crippen molar-refractivity contribution in [2.45, 2.75) is 46.1 Å². The quantitative estimate of drug-likeness (QED) is 0.666. The molecule has 0 saturated carbocycles. The van der Waals surface area contributed by atoms with Crippen LogP contribution in [-0.4, -0.2) is 26.4 Å². The number of benzene rings is 1. The molecule has 1 atom stereocenters. The first-order valence-corrected chi connectivity index (χ1v) is 8.17. The van der Waals surface area contributed by atoms with Gasteiger partial charge < -0.3 is 14.2 Å². The fourth-order valence-electron chi connectivity index (χ4n) is 2.71. The number of rotatable bonds is 8. The van der Waals surface area contributed by atoms with Gasteiger partial charge in [-0.2, -0.15) is 0 Å². The normalized spacial score (nSPS) is 15.6. The summed E-state index contributed by atoms with van der Waals surface area (Å²) in [6.45, 7) is 7.94. The summed E-state index contributed by atoms with van der Waals surface area (Å²) in [5, 5.41) is 0. The average molecular weight is 304 g/mol. The van der Waals surface area contributed by atoms with Crippen LogP contribution in [0.3, 0.4) is 0 Å². The van der Waals surface area contributed by atoms with Gasteiger partial charge in [-0.3, -0.25) is 0 Å². The average Bonchev–Trinajstić information content (AvgIpc) is 2.95. The third-order valence-electron chi connectivity index (χ3n) is 4.22. The smallest absolute Gasteiger partial charge is 0.126 e. The van der Waals surface area contributed by atoms with E-state index in [1.54, 1.807) is 7.11 Å². The molecule has 0 N–H and O–H groups in total. The lowest BCUT2D eigenvalue weighted by atomic mass is 10.00. The summed E-state index contributed by atoms with van der Waals surface area (Å²) in [5.74, 6) is 2.40. The minimum absolute atomic E-state index is 0.332. The summed E-state index contributed by atoms with van der Waals surface area (Å²) in [5.41, 5.74) is 2.62. The maximum absolute atomic E-state index is 5.79. The fourth-order valence-corrected chi connectivity index (χ4v) is 2.71. The van der Waals surface area contributed by atoms with Crippen molar-refractivity contribution in [3.05, 3.63) is 35.4 Å². The molecule has 1 aromatic carbocycles. The van der Waals surface area contributed by atoms with Gasteiger partial charge in [-0.25, -0.2) is 0 Å². The van der Waals surface area contributed by atoms with Gasteiger partial charge >= 0.3 is 0 Å². The second-order valence-corrected chi connectivity index (χ2v) is 6.29. The molecule has 0 spiro atoms.